The molecule has 1 aliphatic heterocycles. The third-order valence-electron chi connectivity index (χ3n) is 2.76. The third kappa shape index (κ3) is 2.97. The van der Waals surface area contributed by atoms with E-state index < -0.39 is 0 Å². The quantitative estimate of drug-likeness (QED) is 0.735. The van der Waals surface area contributed by atoms with Crippen molar-refractivity contribution in [3.8, 4) is 0 Å². The van der Waals surface area contributed by atoms with Gasteiger partial charge in [-0.1, -0.05) is 0 Å². The number of hydrogen-bond donors (Lipinski definition) is 0. The Morgan fingerprint density at radius 3 is 2.65 bits per heavy atom. The number of furan rings is 1. The summed E-state index contributed by atoms with van der Waals surface area (Å²) in [5.41, 5.74) is 0.696. The maximum absolute atomic E-state index is 12.1. The van der Waals surface area contributed by atoms with Crippen LogP contribution in [0.15, 0.2) is 22.1 Å². The second-order valence-electron chi connectivity index (χ2n) is 4.18. The molecule has 0 radical (unpaired) electrons. The van der Waals surface area contributed by atoms with E-state index >= 15 is 0 Å². The average molecular weight is 235 g/mol. The van der Waals surface area contributed by atoms with Crippen molar-refractivity contribution >= 4 is 12.0 Å². The lowest BCUT2D eigenvalue weighted by Gasteiger charge is -2.27. The number of carbonyl (C=O) groups excluding carboxylic acids is 1. The molecule has 1 fully saturated rings. The minimum Gasteiger partial charge on any atom is -0.462 e. The van der Waals surface area contributed by atoms with Crippen molar-refractivity contribution in [2.45, 2.75) is 13.8 Å². The maximum atomic E-state index is 12.1. The molecule has 0 atom stereocenters. The fourth-order valence-electron chi connectivity index (χ4n) is 1.82. The van der Waals surface area contributed by atoms with Crippen LogP contribution in [0, 0.1) is 6.92 Å². The van der Waals surface area contributed by atoms with E-state index in [1.807, 2.05) is 30.9 Å². The first-order valence-corrected chi connectivity index (χ1v) is 5.78. The molecular formula is C13H17NO3. The number of ether oxygens (including phenoxy) is 1. The van der Waals surface area contributed by atoms with Crippen molar-refractivity contribution in [1.82, 2.24) is 4.90 Å². The molecule has 4 heteroatoms. The smallest absolute Gasteiger partial charge is 0.249 e. The van der Waals surface area contributed by atoms with Gasteiger partial charge in [-0.15, -0.1) is 0 Å². The lowest BCUT2D eigenvalue weighted by atomic mass is 10.2. The summed E-state index contributed by atoms with van der Waals surface area (Å²) in [7, 11) is 0. The van der Waals surface area contributed by atoms with E-state index in [0.717, 1.165) is 11.5 Å². The molecule has 0 N–H and O–H groups in total. The van der Waals surface area contributed by atoms with Gasteiger partial charge in [0, 0.05) is 18.7 Å². The Bertz CT molecular complexity index is 428. The summed E-state index contributed by atoms with van der Waals surface area (Å²) in [5, 5.41) is 0. The van der Waals surface area contributed by atoms with E-state index in [1.54, 1.807) is 6.08 Å². The molecule has 0 bridgehead atoms. The number of nitrogens with zero attached hydrogens (tertiary/aromatic N) is 1. The van der Waals surface area contributed by atoms with Crippen molar-refractivity contribution in [3.63, 3.8) is 0 Å². The predicted octanol–water partition coefficient (Wildman–Crippen LogP) is 1.85. The molecule has 1 saturated heterocycles. The highest BCUT2D eigenvalue weighted by Crippen LogP contribution is 2.13. The Balaban J connectivity index is 2.05. The van der Waals surface area contributed by atoms with Gasteiger partial charge in [0.15, 0.2) is 0 Å². The predicted molar refractivity (Wildman–Crippen MR) is 64.5 cm³/mol. The molecule has 92 valence electrons. The summed E-state index contributed by atoms with van der Waals surface area (Å²) in [6, 6.07) is 3.75. The van der Waals surface area contributed by atoms with Crippen LogP contribution in [-0.4, -0.2) is 37.1 Å². The van der Waals surface area contributed by atoms with Crippen LogP contribution in [-0.2, 0) is 9.53 Å². The summed E-state index contributed by atoms with van der Waals surface area (Å²) in [5.74, 6) is 1.63. The minimum absolute atomic E-state index is 0.0577. The van der Waals surface area contributed by atoms with Crippen LogP contribution < -0.4 is 0 Å². The average Bonchev–Trinajstić information content (AvgIpc) is 2.75. The standard InChI is InChI=1S/C13H17NO3/c1-10(9-12-4-3-11(2)17-12)13(15)14-5-7-16-8-6-14/h3-4,9H,5-8H2,1-2H3/b10-9+. The Morgan fingerprint density at radius 2 is 2.06 bits per heavy atom. The zero-order valence-corrected chi connectivity index (χ0v) is 10.2. The molecule has 0 spiro atoms. The number of hydrogen-bond acceptors (Lipinski definition) is 3. The van der Waals surface area contributed by atoms with Crippen LogP contribution in [0.4, 0.5) is 0 Å². The molecule has 1 amide bonds. The minimum atomic E-state index is 0.0577. The van der Waals surface area contributed by atoms with E-state index in [9.17, 15) is 4.79 Å². The van der Waals surface area contributed by atoms with Crippen molar-refractivity contribution in [1.29, 1.82) is 0 Å². The van der Waals surface area contributed by atoms with Crippen LogP contribution in [0.3, 0.4) is 0 Å². The molecule has 0 unspecified atom stereocenters. The number of carbonyl (C=O) groups is 1. The lowest BCUT2D eigenvalue weighted by molar-refractivity contribution is -0.130. The molecule has 17 heavy (non-hydrogen) atoms. The summed E-state index contributed by atoms with van der Waals surface area (Å²) >= 11 is 0. The SMILES string of the molecule is C/C(=C\c1ccc(C)o1)C(=O)N1CCOCC1. The van der Waals surface area contributed by atoms with Gasteiger partial charge in [-0.2, -0.15) is 0 Å². The van der Waals surface area contributed by atoms with E-state index in [0.29, 0.717) is 31.9 Å². The fourth-order valence-corrected chi connectivity index (χ4v) is 1.82. The molecule has 1 aromatic rings. The third-order valence-corrected chi connectivity index (χ3v) is 2.76. The molecule has 4 nitrogen and oxygen atoms in total. The van der Waals surface area contributed by atoms with Gasteiger partial charge in [-0.25, -0.2) is 0 Å². The van der Waals surface area contributed by atoms with Crippen molar-refractivity contribution in [2.75, 3.05) is 26.3 Å². The van der Waals surface area contributed by atoms with E-state index in [4.69, 9.17) is 9.15 Å². The molecule has 2 rings (SSSR count). The van der Waals surface area contributed by atoms with Crippen molar-refractivity contribution in [2.24, 2.45) is 0 Å². The van der Waals surface area contributed by atoms with E-state index in [1.165, 1.54) is 0 Å². The van der Waals surface area contributed by atoms with Gasteiger partial charge in [-0.3, -0.25) is 4.79 Å². The second kappa shape index (κ2) is 5.19. The highest BCUT2D eigenvalue weighted by Gasteiger charge is 2.18. The van der Waals surface area contributed by atoms with Crippen molar-refractivity contribution in [3.05, 3.63) is 29.2 Å². The van der Waals surface area contributed by atoms with Gasteiger partial charge in [0.25, 0.3) is 0 Å². The number of morpholine rings is 1. The first kappa shape index (κ1) is 11.9. The van der Waals surface area contributed by atoms with Crippen LogP contribution in [0.2, 0.25) is 0 Å². The Morgan fingerprint density at radius 1 is 1.35 bits per heavy atom. The van der Waals surface area contributed by atoms with Gasteiger partial charge in [0.05, 0.1) is 13.2 Å². The zero-order valence-electron chi connectivity index (χ0n) is 10.2. The highest BCUT2D eigenvalue weighted by molar-refractivity contribution is 5.97. The largest absolute Gasteiger partial charge is 0.462 e. The first-order valence-electron chi connectivity index (χ1n) is 5.78. The zero-order chi connectivity index (χ0) is 12.3. The Hall–Kier alpha value is -1.55. The molecular weight excluding hydrogens is 218 g/mol. The fraction of sp³-hybridized carbons (Fsp3) is 0.462. The molecule has 1 aliphatic rings. The summed E-state index contributed by atoms with van der Waals surface area (Å²) in [6.45, 7) is 6.28. The van der Waals surface area contributed by atoms with Crippen LogP contribution >= 0.6 is 0 Å². The summed E-state index contributed by atoms with van der Waals surface area (Å²) < 4.78 is 10.6. The molecule has 0 aliphatic carbocycles. The number of rotatable bonds is 2. The second-order valence-corrected chi connectivity index (χ2v) is 4.18. The summed E-state index contributed by atoms with van der Waals surface area (Å²) in [4.78, 5) is 13.9. The Kier molecular flexibility index (Phi) is 3.64. The van der Waals surface area contributed by atoms with Crippen LogP contribution in [0.5, 0.6) is 0 Å². The maximum Gasteiger partial charge on any atom is 0.249 e. The Labute approximate surface area is 101 Å². The lowest BCUT2D eigenvalue weighted by Crippen LogP contribution is -2.41. The molecule has 0 saturated carbocycles. The molecule has 2 heterocycles. The van der Waals surface area contributed by atoms with Crippen LogP contribution in [0.25, 0.3) is 6.08 Å². The van der Waals surface area contributed by atoms with Gasteiger partial charge < -0.3 is 14.1 Å². The van der Waals surface area contributed by atoms with E-state index in [-0.39, 0.29) is 5.91 Å². The first-order chi connectivity index (χ1) is 8.16. The van der Waals surface area contributed by atoms with Gasteiger partial charge in [-0.05, 0) is 32.1 Å². The monoisotopic (exact) mass is 235 g/mol. The molecule has 0 aromatic carbocycles. The van der Waals surface area contributed by atoms with E-state index in [2.05, 4.69) is 0 Å². The summed E-state index contributed by atoms with van der Waals surface area (Å²) in [6.07, 6.45) is 1.78. The van der Waals surface area contributed by atoms with Gasteiger partial charge in [0.1, 0.15) is 11.5 Å². The van der Waals surface area contributed by atoms with Crippen LogP contribution in [0.1, 0.15) is 18.4 Å². The topological polar surface area (TPSA) is 42.7 Å². The highest BCUT2D eigenvalue weighted by atomic mass is 16.5. The van der Waals surface area contributed by atoms with Crippen molar-refractivity contribution < 1.29 is 13.9 Å². The van der Waals surface area contributed by atoms with Gasteiger partial charge in [0.2, 0.25) is 5.91 Å². The van der Waals surface area contributed by atoms with Gasteiger partial charge >= 0.3 is 0 Å². The number of amides is 1. The number of aryl methyl sites for hydroxylation is 1. The molecule has 1 aromatic heterocycles. The normalized spacial score (nSPS) is 17.3.